The molecule has 1 aliphatic rings. The SMILES string of the molecule is COc1ncc(-c2cc(C(F)(F)F)c3c(N)ncnn23)cc1C(=O)NC1CN(C(=O)CC(O)(C(F)(F)F)C(F)(F)F)CCC1F. The van der Waals surface area contributed by atoms with Crippen molar-refractivity contribution >= 4 is 23.1 Å². The van der Waals surface area contributed by atoms with Crippen LogP contribution in [-0.4, -0.2) is 91.8 Å². The van der Waals surface area contributed by atoms with Gasteiger partial charge in [0.1, 0.15) is 23.6 Å². The number of pyridine rings is 1. The van der Waals surface area contributed by atoms with Gasteiger partial charge >= 0.3 is 18.5 Å². The number of fused-ring (bicyclic) bond motifs is 1. The molecule has 0 spiro atoms. The number of rotatable bonds is 6. The molecular formula is C24H21F10N7O4. The van der Waals surface area contributed by atoms with Gasteiger partial charge in [-0.15, -0.1) is 0 Å². The first-order chi connectivity index (χ1) is 20.7. The lowest BCUT2D eigenvalue weighted by Gasteiger charge is -2.38. The summed E-state index contributed by atoms with van der Waals surface area (Å²) in [6.07, 6.45) is -20.5. The Labute approximate surface area is 245 Å². The smallest absolute Gasteiger partial charge is 0.426 e. The van der Waals surface area contributed by atoms with E-state index in [-0.39, 0.29) is 11.3 Å². The van der Waals surface area contributed by atoms with E-state index in [1.165, 1.54) is 0 Å². The third-order valence-corrected chi connectivity index (χ3v) is 7.02. The summed E-state index contributed by atoms with van der Waals surface area (Å²) in [5.74, 6) is -3.91. The number of aliphatic hydroxyl groups is 1. The summed E-state index contributed by atoms with van der Waals surface area (Å²) in [5.41, 5.74) is -2.43. The van der Waals surface area contributed by atoms with E-state index in [9.17, 15) is 58.6 Å². The van der Waals surface area contributed by atoms with E-state index in [1.807, 2.05) is 0 Å². The van der Waals surface area contributed by atoms with E-state index in [0.29, 0.717) is 11.0 Å². The summed E-state index contributed by atoms with van der Waals surface area (Å²) >= 11 is 0. The molecule has 0 saturated carbocycles. The maximum atomic E-state index is 14.8. The molecule has 2 atom stereocenters. The predicted octanol–water partition coefficient (Wildman–Crippen LogP) is 3.32. The van der Waals surface area contributed by atoms with Gasteiger partial charge in [-0.2, -0.15) is 44.6 Å². The van der Waals surface area contributed by atoms with Crippen LogP contribution in [0.3, 0.4) is 0 Å². The number of hydrogen-bond donors (Lipinski definition) is 3. The van der Waals surface area contributed by atoms with Crippen LogP contribution in [0.25, 0.3) is 16.8 Å². The summed E-state index contributed by atoms with van der Waals surface area (Å²) in [5, 5.41) is 15.3. The summed E-state index contributed by atoms with van der Waals surface area (Å²) in [7, 11) is 1.07. The summed E-state index contributed by atoms with van der Waals surface area (Å²) < 4.78 is 140. The van der Waals surface area contributed by atoms with E-state index in [1.54, 1.807) is 0 Å². The number of carbonyl (C=O) groups excluding carboxylic acids is 2. The minimum absolute atomic E-state index is 0.139. The van der Waals surface area contributed by atoms with Gasteiger partial charge in [-0.3, -0.25) is 9.59 Å². The fourth-order valence-electron chi connectivity index (χ4n) is 4.63. The van der Waals surface area contributed by atoms with Crippen LogP contribution in [0.5, 0.6) is 5.88 Å². The zero-order valence-corrected chi connectivity index (χ0v) is 22.6. The maximum absolute atomic E-state index is 14.8. The largest absolute Gasteiger partial charge is 0.480 e. The standard InChI is InChI=1S/C24H21F10N7O4/c1-45-20-11(4-10(7-36-20)15-5-12(22(26,27)28)17-18(35)37-9-38-41(15)17)19(43)39-14-8-40(3-2-13(14)25)16(42)6-21(44,23(29,30)31)24(32,33)34/h4-5,7,9,13-14,44H,2-3,6,8H2,1H3,(H,39,43)(H2,35,37,38). The van der Waals surface area contributed by atoms with Crippen LogP contribution < -0.4 is 15.8 Å². The second-order valence-corrected chi connectivity index (χ2v) is 9.88. The Morgan fingerprint density at radius 2 is 1.73 bits per heavy atom. The maximum Gasteiger partial charge on any atom is 0.426 e. The number of likely N-dealkylation sites (tertiary alicyclic amines) is 1. The number of anilines is 1. The summed E-state index contributed by atoms with van der Waals surface area (Å²) in [4.78, 5) is 33.5. The number of amides is 2. The monoisotopic (exact) mass is 661 g/mol. The van der Waals surface area contributed by atoms with Gasteiger partial charge in [0.25, 0.3) is 11.5 Å². The molecule has 0 aliphatic carbocycles. The highest BCUT2D eigenvalue weighted by Gasteiger charge is 2.71. The Kier molecular flexibility index (Phi) is 8.55. The number of nitrogen functional groups attached to an aromatic ring is 1. The number of nitrogens with two attached hydrogens (primary N) is 1. The Balaban J connectivity index is 1.62. The molecule has 1 fully saturated rings. The van der Waals surface area contributed by atoms with E-state index >= 15 is 0 Å². The number of piperidine rings is 1. The van der Waals surface area contributed by atoms with Crippen molar-refractivity contribution in [1.29, 1.82) is 0 Å². The molecule has 4 rings (SSSR count). The quantitative estimate of drug-likeness (QED) is 0.341. The molecule has 1 aliphatic heterocycles. The van der Waals surface area contributed by atoms with Crippen LogP contribution in [0.4, 0.5) is 49.7 Å². The highest BCUT2D eigenvalue weighted by Crippen LogP contribution is 2.45. The van der Waals surface area contributed by atoms with Crippen LogP contribution in [0.2, 0.25) is 0 Å². The highest BCUT2D eigenvalue weighted by molar-refractivity contribution is 5.98. The van der Waals surface area contributed by atoms with Gasteiger partial charge in [0.05, 0.1) is 30.8 Å². The van der Waals surface area contributed by atoms with Crippen LogP contribution in [0.1, 0.15) is 28.8 Å². The van der Waals surface area contributed by atoms with E-state index in [2.05, 4.69) is 20.4 Å². The van der Waals surface area contributed by atoms with E-state index < -0.39 is 102 Å². The molecule has 3 aromatic rings. The number of hydrogen-bond acceptors (Lipinski definition) is 8. The Morgan fingerprint density at radius 3 is 2.31 bits per heavy atom. The Bertz CT molecular complexity index is 1590. The average molecular weight is 661 g/mol. The van der Waals surface area contributed by atoms with Gasteiger partial charge in [-0.05, 0) is 18.6 Å². The molecule has 246 valence electrons. The first kappa shape index (κ1) is 33.5. The molecule has 21 heteroatoms. The lowest BCUT2D eigenvalue weighted by atomic mass is 9.95. The number of nitrogens with one attached hydrogen (secondary N) is 1. The van der Waals surface area contributed by atoms with Crippen LogP contribution >= 0.6 is 0 Å². The minimum atomic E-state index is -6.27. The molecule has 2 unspecified atom stereocenters. The zero-order chi connectivity index (χ0) is 33.7. The number of halogens is 10. The van der Waals surface area contributed by atoms with Crippen molar-refractivity contribution in [2.75, 3.05) is 25.9 Å². The van der Waals surface area contributed by atoms with Crippen LogP contribution in [-0.2, 0) is 11.0 Å². The third kappa shape index (κ3) is 6.25. The average Bonchev–Trinajstić information content (AvgIpc) is 3.34. The normalized spacial score (nSPS) is 18.3. The van der Waals surface area contributed by atoms with Crippen molar-refractivity contribution in [2.24, 2.45) is 0 Å². The molecule has 2 amide bonds. The predicted molar refractivity (Wildman–Crippen MR) is 131 cm³/mol. The van der Waals surface area contributed by atoms with Gasteiger partial charge in [0.15, 0.2) is 5.82 Å². The second-order valence-electron chi connectivity index (χ2n) is 9.88. The number of nitrogens with zero attached hydrogens (tertiary/aromatic N) is 5. The van der Waals surface area contributed by atoms with E-state index in [4.69, 9.17) is 10.5 Å². The molecule has 0 aromatic carbocycles. The third-order valence-electron chi connectivity index (χ3n) is 7.02. The number of alkyl halides is 10. The molecule has 4 heterocycles. The van der Waals surface area contributed by atoms with Gasteiger partial charge in [0.2, 0.25) is 11.8 Å². The van der Waals surface area contributed by atoms with Crippen LogP contribution in [0.15, 0.2) is 24.7 Å². The summed E-state index contributed by atoms with van der Waals surface area (Å²) in [6.45, 7) is -1.52. The molecule has 45 heavy (non-hydrogen) atoms. The Morgan fingerprint density at radius 1 is 1.09 bits per heavy atom. The second kappa shape index (κ2) is 11.5. The van der Waals surface area contributed by atoms with Gasteiger partial charge in [0, 0.05) is 24.8 Å². The van der Waals surface area contributed by atoms with Gasteiger partial charge < -0.3 is 25.8 Å². The topological polar surface area (TPSA) is 148 Å². The van der Waals surface area contributed by atoms with Crippen molar-refractivity contribution in [1.82, 2.24) is 29.8 Å². The van der Waals surface area contributed by atoms with E-state index in [0.717, 1.165) is 30.2 Å². The number of carbonyl (C=O) groups is 2. The van der Waals surface area contributed by atoms with Crippen molar-refractivity contribution < 1.29 is 63.3 Å². The first-order valence-corrected chi connectivity index (χ1v) is 12.5. The lowest BCUT2D eigenvalue weighted by Crippen LogP contribution is -2.61. The number of aromatic nitrogens is 4. The number of methoxy groups -OCH3 is 1. The number of ether oxygens (including phenoxy) is 1. The molecule has 3 aromatic heterocycles. The highest BCUT2D eigenvalue weighted by atomic mass is 19.4. The van der Waals surface area contributed by atoms with Crippen molar-refractivity contribution in [3.63, 3.8) is 0 Å². The minimum Gasteiger partial charge on any atom is -0.480 e. The van der Waals surface area contributed by atoms with Crippen LogP contribution in [0, 0.1) is 0 Å². The summed E-state index contributed by atoms with van der Waals surface area (Å²) in [6, 6.07) is -0.00350. The Hall–Kier alpha value is -4.43. The fourth-order valence-corrected chi connectivity index (χ4v) is 4.63. The molecule has 4 N–H and O–H groups in total. The molecule has 0 bridgehead atoms. The molecule has 1 saturated heterocycles. The van der Waals surface area contributed by atoms with Gasteiger partial charge in [-0.25, -0.2) is 18.9 Å². The zero-order valence-electron chi connectivity index (χ0n) is 22.6. The fraction of sp³-hybridized carbons (Fsp3) is 0.458. The van der Waals surface area contributed by atoms with Crippen molar-refractivity contribution in [3.8, 4) is 17.1 Å². The van der Waals surface area contributed by atoms with Crippen molar-refractivity contribution in [2.45, 2.75) is 49.2 Å². The molecule has 11 nitrogen and oxygen atoms in total. The van der Waals surface area contributed by atoms with Gasteiger partial charge in [-0.1, -0.05) is 0 Å². The molecular weight excluding hydrogens is 640 g/mol. The first-order valence-electron chi connectivity index (χ1n) is 12.5. The van der Waals surface area contributed by atoms with Crippen molar-refractivity contribution in [3.05, 3.63) is 35.8 Å². The lowest BCUT2D eigenvalue weighted by molar-refractivity contribution is -0.367. The molecule has 0 radical (unpaired) electrons.